The number of piperidine rings is 1. The Balaban J connectivity index is 1.30. The quantitative estimate of drug-likeness (QED) is 0.533. The molecular weight excluding hydrogens is 478 g/mol. The van der Waals surface area contributed by atoms with Gasteiger partial charge in [0.15, 0.2) is 0 Å². The van der Waals surface area contributed by atoms with E-state index in [1.807, 2.05) is 47.9 Å². The van der Waals surface area contributed by atoms with Crippen molar-refractivity contribution in [2.24, 2.45) is 5.92 Å². The number of hydrogen-bond donors (Lipinski definition) is 0. The number of likely N-dealkylation sites (tertiary alicyclic amines) is 1. The number of aromatic nitrogens is 1. The normalized spacial score (nSPS) is 17.9. The van der Waals surface area contributed by atoms with E-state index in [-0.39, 0.29) is 17.7 Å². The first kappa shape index (κ1) is 26.6. The smallest absolute Gasteiger partial charge is 0.230 e. The number of carbonyl (C=O) groups excluding carboxylic acids is 2. The zero-order valence-electron chi connectivity index (χ0n) is 21.7. The molecule has 0 aliphatic carbocycles. The number of amides is 2. The van der Waals surface area contributed by atoms with Crippen LogP contribution in [0.4, 0.5) is 5.69 Å². The lowest BCUT2D eigenvalue weighted by atomic mass is 9.94. The lowest BCUT2D eigenvalue weighted by molar-refractivity contribution is -0.133. The Morgan fingerprint density at radius 2 is 1.78 bits per heavy atom. The Labute approximate surface area is 219 Å². The van der Waals surface area contributed by atoms with Crippen molar-refractivity contribution < 1.29 is 14.1 Å². The molecule has 0 N–H and O–H groups in total. The molecule has 9 heteroatoms. The van der Waals surface area contributed by atoms with Gasteiger partial charge >= 0.3 is 0 Å². The maximum atomic E-state index is 13.6. The third-order valence-corrected chi connectivity index (χ3v) is 7.79. The van der Waals surface area contributed by atoms with Crippen molar-refractivity contribution in [1.82, 2.24) is 19.9 Å². The van der Waals surface area contributed by atoms with Crippen molar-refractivity contribution in [2.75, 3.05) is 57.3 Å². The van der Waals surface area contributed by atoms with E-state index in [1.54, 1.807) is 6.92 Å². The van der Waals surface area contributed by atoms with Crippen LogP contribution in [0.1, 0.15) is 43.2 Å². The van der Waals surface area contributed by atoms with E-state index in [9.17, 15) is 9.59 Å². The summed E-state index contributed by atoms with van der Waals surface area (Å²) in [6.07, 6.45) is 2.32. The molecule has 2 amide bonds. The van der Waals surface area contributed by atoms with Crippen LogP contribution in [0.2, 0.25) is 5.02 Å². The highest BCUT2D eigenvalue weighted by atomic mass is 35.5. The third-order valence-electron chi connectivity index (χ3n) is 7.56. The summed E-state index contributed by atoms with van der Waals surface area (Å²) in [5.41, 5.74) is 3.03. The first-order valence-corrected chi connectivity index (χ1v) is 13.4. The highest BCUT2D eigenvalue weighted by molar-refractivity contribution is 6.30. The average molecular weight is 516 g/mol. The number of nitrogens with zero attached hydrogens (tertiary/aromatic N) is 5. The standard InChI is InChI=1S/C27H38ClN5O3/c1-20-26(21(2)36-29-20)19-31-16-14-30(15-17-31)10-5-11-33(25-7-4-6-24(28)18-25)27(35)23-8-12-32(13-9-23)22(3)34/h4,6-7,18,23H,5,8-17,19H2,1-3H3. The summed E-state index contributed by atoms with van der Waals surface area (Å²) in [6.45, 7) is 13.4. The molecule has 0 saturated carbocycles. The number of benzene rings is 1. The van der Waals surface area contributed by atoms with Gasteiger partial charge in [-0.3, -0.25) is 14.5 Å². The first-order valence-electron chi connectivity index (χ1n) is 13.0. The minimum atomic E-state index is -0.0625. The first-order chi connectivity index (χ1) is 17.3. The third kappa shape index (κ3) is 6.66. The molecule has 2 aromatic rings. The molecule has 0 radical (unpaired) electrons. The van der Waals surface area contributed by atoms with Crippen molar-refractivity contribution in [1.29, 1.82) is 0 Å². The van der Waals surface area contributed by atoms with Crippen molar-refractivity contribution in [3.8, 4) is 0 Å². The van der Waals surface area contributed by atoms with Crippen LogP contribution in [0.3, 0.4) is 0 Å². The average Bonchev–Trinajstić information content (AvgIpc) is 3.19. The lowest BCUT2D eigenvalue weighted by Crippen LogP contribution is -2.47. The molecule has 8 nitrogen and oxygen atoms in total. The molecule has 2 aliphatic heterocycles. The highest BCUT2D eigenvalue weighted by Gasteiger charge is 2.30. The molecule has 2 aliphatic rings. The van der Waals surface area contributed by atoms with E-state index in [4.69, 9.17) is 16.1 Å². The molecule has 36 heavy (non-hydrogen) atoms. The molecule has 1 aromatic heterocycles. The molecule has 2 saturated heterocycles. The fraction of sp³-hybridized carbons (Fsp3) is 0.593. The molecule has 196 valence electrons. The van der Waals surface area contributed by atoms with Crippen LogP contribution in [0.15, 0.2) is 28.8 Å². The van der Waals surface area contributed by atoms with Gasteiger partial charge in [0, 0.05) is 81.5 Å². The molecule has 0 spiro atoms. The topological polar surface area (TPSA) is 73.1 Å². The Kier molecular flexibility index (Phi) is 9.04. The minimum Gasteiger partial charge on any atom is -0.361 e. The minimum absolute atomic E-state index is 0.0625. The highest BCUT2D eigenvalue weighted by Crippen LogP contribution is 2.26. The molecule has 0 bridgehead atoms. The van der Waals surface area contributed by atoms with Gasteiger partial charge in [-0.25, -0.2) is 0 Å². The predicted molar refractivity (Wildman–Crippen MR) is 141 cm³/mol. The maximum absolute atomic E-state index is 13.6. The number of carbonyl (C=O) groups is 2. The summed E-state index contributed by atoms with van der Waals surface area (Å²) >= 11 is 6.27. The second-order valence-electron chi connectivity index (χ2n) is 10.0. The van der Waals surface area contributed by atoms with Crippen LogP contribution in [0, 0.1) is 19.8 Å². The molecule has 0 unspecified atom stereocenters. The van der Waals surface area contributed by atoms with Crippen molar-refractivity contribution in [3.63, 3.8) is 0 Å². The number of anilines is 1. The van der Waals surface area contributed by atoms with Crippen LogP contribution in [0.25, 0.3) is 0 Å². The van der Waals surface area contributed by atoms with Crippen LogP contribution < -0.4 is 4.90 Å². The fourth-order valence-electron chi connectivity index (χ4n) is 5.25. The fourth-order valence-corrected chi connectivity index (χ4v) is 5.43. The largest absolute Gasteiger partial charge is 0.361 e. The van der Waals surface area contributed by atoms with Gasteiger partial charge in [-0.15, -0.1) is 0 Å². The van der Waals surface area contributed by atoms with Gasteiger partial charge in [0.05, 0.1) is 5.69 Å². The van der Waals surface area contributed by atoms with Gasteiger partial charge in [0.2, 0.25) is 11.8 Å². The summed E-state index contributed by atoms with van der Waals surface area (Å²) in [4.78, 5) is 33.9. The van der Waals surface area contributed by atoms with Gasteiger partial charge in [-0.05, 0) is 57.9 Å². The monoisotopic (exact) mass is 515 g/mol. The summed E-state index contributed by atoms with van der Waals surface area (Å²) in [5, 5.41) is 4.70. The second kappa shape index (κ2) is 12.2. The van der Waals surface area contributed by atoms with Crippen molar-refractivity contribution in [3.05, 3.63) is 46.3 Å². The zero-order valence-corrected chi connectivity index (χ0v) is 22.5. The Morgan fingerprint density at radius 3 is 2.39 bits per heavy atom. The van der Waals surface area contributed by atoms with Crippen LogP contribution in [-0.4, -0.2) is 84.0 Å². The maximum Gasteiger partial charge on any atom is 0.230 e. The van der Waals surface area contributed by atoms with E-state index in [1.165, 1.54) is 5.56 Å². The summed E-state index contributed by atoms with van der Waals surface area (Å²) in [7, 11) is 0. The molecule has 1 aromatic carbocycles. The van der Waals surface area contributed by atoms with E-state index >= 15 is 0 Å². The molecular formula is C27H38ClN5O3. The number of rotatable bonds is 8. The number of hydrogen-bond acceptors (Lipinski definition) is 6. The second-order valence-corrected chi connectivity index (χ2v) is 10.5. The summed E-state index contributed by atoms with van der Waals surface area (Å²) < 4.78 is 5.31. The van der Waals surface area contributed by atoms with Gasteiger partial charge in [0.25, 0.3) is 0 Å². The number of halogens is 1. The van der Waals surface area contributed by atoms with Gasteiger partial charge in [0.1, 0.15) is 5.76 Å². The Hall–Kier alpha value is -2.42. The van der Waals surface area contributed by atoms with Gasteiger partial charge in [-0.2, -0.15) is 0 Å². The van der Waals surface area contributed by atoms with Crippen molar-refractivity contribution in [2.45, 2.75) is 46.6 Å². The predicted octanol–water partition coefficient (Wildman–Crippen LogP) is 3.74. The summed E-state index contributed by atoms with van der Waals surface area (Å²) in [5.74, 6) is 1.07. The van der Waals surface area contributed by atoms with E-state index in [0.717, 1.165) is 62.8 Å². The zero-order chi connectivity index (χ0) is 25.7. The SMILES string of the molecule is CC(=O)N1CCC(C(=O)N(CCCN2CCN(Cc3c(C)noc3C)CC2)c2cccc(Cl)c2)CC1. The number of piperazine rings is 1. The molecule has 0 atom stereocenters. The van der Waals surface area contributed by atoms with Crippen LogP contribution >= 0.6 is 11.6 Å². The van der Waals surface area contributed by atoms with Crippen LogP contribution in [-0.2, 0) is 16.1 Å². The van der Waals surface area contributed by atoms with E-state index < -0.39 is 0 Å². The Morgan fingerprint density at radius 1 is 1.08 bits per heavy atom. The van der Waals surface area contributed by atoms with E-state index in [2.05, 4.69) is 15.0 Å². The summed E-state index contributed by atoms with van der Waals surface area (Å²) in [6, 6.07) is 7.56. The Bertz CT molecular complexity index is 1020. The van der Waals surface area contributed by atoms with Crippen LogP contribution in [0.5, 0.6) is 0 Å². The van der Waals surface area contributed by atoms with Gasteiger partial charge < -0.3 is 19.2 Å². The number of aryl methyl sites for hydroxylation is 2. The molecule has 2 fully saturated rings. The van der Waals surface area contributed by atoms with Crippen molar-refractivity contribution >= 4 is 29.1 Å². The lowest BCUT2D eigenvalue weighted by Gasteiger charge is -2.36. The van der Waals surface area contributed by atoms with E-state index in [0.29, 0.717) is 37.5 Å². The van der Waals surface area contributed by atoms with Gasteiger partial charge in [-0.1, -0.05) is 22.8 Å². The molecule has 4 rings (SSSR count). The molecule has 3 heterocycles.